The molecule has 0 saturated heterocycles. The van der Waals surface area contributed by atoms with Crippen molar-refractivity contribution in [1.29, 1.82) is 0 Å². The van der Waals surface area contributed by atoms with E-state index in [1.165, 1.54) is 0 Å². The molecule has 0 unspecified atom stereocenters. The number of nitrogens with two attached hydrogens (primary N) is 1. The van der Waals surface area contributed by atoms with Crippen LogP contribution in [0.1, 0.15) is 18.6 Å². The lowest BCUT2D eigenvalue weighted by molar-refractivity contribution is -0.0265. The number of hydrogen-bond donors (Lipinski definition) is 2. The van der Waals surface area contributed by atoms with E-state index >= 15 is 0 Å². The lowest BCUT2D eigenvalue weighted by atomic mass is 9.77. The second-order valence-corrected chi connectivity index (χ2v) is 5.49. The van der Waals surface area contributed by atoms with Gasteiger partial charge >= 0.3 is 7.12 Å². The van der Waals surface area contributed by atoms with Gasteiger partial charge in [-0.25, -0.2) is 0 Å². The predicted molar refractivity (Wildman–Crippen MR) is 71.8 cm³/mol. The van der Waals surface area contributed by atoms with Gasteiger partial charge in [-0.15, -0.1) is 0 Å². The highest BCUT2D eigenvalue weighted by Crippen LogP contribution is 2.36. The SMILES string of the molecule is C[C@]1(CO)COc2ccc(Cl)c3c2B(O[C@@H]3CN)O1. The molecule has 0 saturated carbocycles. The third-order valence-corrected chi connectivity index (χ3v) is 3.84. The van der Waals surface area contributed by atoms with Crippen molar-refractivity contribution < 1.29 is 19.2 Å². The van der Waals surface area contributed by atoms with E-state index in [1.54, 1.807) is 19.1 Å². The van der Waals surface area contributed by atoms with Crippen molar-refractivity contribution in [3.63, 3.8) is 0 Å². The van der Waals surface area contributed by atoms with Crippen LogP contribution in [0.3, 0.4) is 0 Å². The van der Waals surface area contributed by atoms with Crippen molar-refractivity contribution in [3.8, 4) is 5.75 Å². The molecule has 102 valence electrons. The largest absolute Gasteiger partial charge is 0.499 e. The molecule has 2 atom stereocenters. The van der Waals surface area contributed by atoms with Crippen LogP contribution in [0.5, 0.6) is 5.75 Å². The van der Waals surface area contributed by atoms with Gasteiger partial charge in [0.15, 0.2) is 0 Å². The minimum absolute atomic E-state index is 0.156. The van der Waals surface area contributed by atoms with Crippen molar-refractivity contribution in [3.05, 3.63) is 22.7 Å². The molecule has 2 aliphatic rings. The summed E-state index contributed by atoms with van der Waals surface area (Å²) < 4.78 is 17.4. The minimum Gasteiger partial charge on any atom is -0.491 e. The Morgan fingerprint density at radius 2 is 2.37 bits per heavy atom. The molecule has 0 bridgehead atoms. The van der Waals surface area contributed by atoms with Gasteiger partial charge in [0.25, 0.3) is 0 Å². The van der Waals surface area contributed by atoms with Gasteiger partial charge in [-0.05, 0) is 19.1 Å². The molecule has 3 rings (SSSR count). The Morgan fingerprint density at radius 1 is 1.58 bits per heavy atom. The first-order valence-corrected chi connectivity index (χ1v) is 6.55. The fraction of sp³-hybridized carbons (Fsp3) is 0.500. The van der Waals surface area contributed by atoms with Gasteiger partial charge in [0, 0.05) is 22.6 Å². The van der Waals surface area contributed by atoms with Crippen LogP contribution in [0.4, 0.5) is 0 Å². The molecule has 19 heavy (non-hydrogen) atoms. The molecule has 0 aliphatic carbocycles. The third kappa shape index (κ3) is 2.04. The van der Waals surface area contributed by atoms with Crippen molar-refractivity contribution in [2.24, 2.45) is 5.73 Å². The van der Waals surface area contributed by atoms with Crippen LogP contribution >= 0.6 is 11.6 Å². The summed E-state index contributed by atoms with van der Waals surface area (Å²) in [5.41, 5.74) is 6.53. The van der Waals surface area contributed by atoms with Crippen LogP contribution in [-0.4, -0.2) is 37.6 Å². The number of hydrogen-bond acceptors (Lipinski definition) is 5. The van der Waals surface area contributed by atoms with Crippen molar-refractivity contribution in [2.75, 3.05) is 19.8 Å². The molecule has 3 N–H and O–H groups in total. The van der Waals surface area contributed by atoms with Crippen LogP contribution in [0.25, 0.3) is 0 Å². The lowest BCUT2D eigenvalue weighted by Crippen LogP contribution is -2.45. The summed E-state index contributed by atoms with van der Waals surface area (Å²) in [6, 6.07) is 3.56. The zero-order valence-corrected chi connectivity index (χ0v) is 11.3. The van der Waals surface area contributed by atoms with E-state index in [9.17, 15) is 5.11 Å². The first-order valence-electron chi connectivity index (χ1n) is 6.17. The van der Waals surface area contributed by atoms with E-state index in [4.69, 9.17) is 31.4 Å². The standard InChI is InChI=1S/C12H15BClNO4/c1-12(5-16)6-17-8-3-2-7(14)10-9(4-15)18-13(19-12)11(8)10/h2-3,9,16H,4-6,15H2,1H3/t9-,12+/m1/s1. The molecule has 2 aliphatic heterocycles. The van der Waals surface area contributed by atoms with Crippen molar-refractivity contribution in [1.82, 2.24) is 0 Å². The Kier molecular flexibility index (Phi) is 3.23. The van der Waals surface area contributed by atoms with Crippen LogP contribution in [0.2, 0.25) is 5.02 Å². The second-order valence-electron chi connectivity index (χ2n) is 5.08. The first kappa shape index (κ1) is 13.2. The number of aliphatic hydroxyl groups excluding tert-OH is 1. The topological polar surface area (TPSA) is 73.9 Å². The van der Waals surface area contributed by atoms with Crippen LogP contribution < -0.4 is 15.9 Å². The number of benzene rings is 1. The van der Waals surface area contributed by atoms with E-state index in [2.05, 4.69) is 0 Å². The Hall–Kier alpha value is -0.785. The number of aliphatic hydroxyl groups is 1. The van der Waals surface area contributed by atoms with Gasteiger partial charge in [-0.2, -0.15) is 0 Å². The molecular formula is C12H15BClNO4. The molecule has 0 aromatic heterocycles. The van der Waals surface area contributed by atoms with Gasteiger partial charge in [0.05, 0.1) is 12.7 Å². The summed E-state index contributed by atoms with van der Waals surface area (Å²) in [7, 11) is -0.600. The van der Waals surface area contributed by atoms with E-state index in [1.807, 2.05) is 0 Å². The third-order valence-electron chi connectivity index (χ3n) is 3.51. The van der Waals surface area contributed by atoms with Crippen LogP contribution in [-0.2, 0) is 9.31 Å². The lowest BCUT2D eigenvalue weighted by Gasteiger charge is -2.27. The molecule has 0 spiro atoms. The van der Waals surface area contributed by atoms with Crippen molar-refractivity contribution >= 4 is 24.2 Å². The van der Waals surface area contributed by atoms with E-state index in [-0.39, 0.29) is 19.3 Å². The summed E-state index contributed by atoms with van der Waals surface area (Å²) in [6.07, 6.45) is -0.308. The maximum atomic E-state index is 9.45. The molecular weight excluding hydrogens is 268 g/mol. The summed E-state index contributed by atoms with van der Waals surface area (Å²) in [5, 5.41) is 10.0. The number of rotatable bonds is 2. The maximum absolute atomic E-state index is 9.45. The van der Waals surface area contributed by atoms with Crippen LogP contribution in [0, 0.1) is 0 Å². The molecule has 1 aromatic carbocycles. The zero-order valence-electron chi connectivity index (χ0n) is 10.6. The average molecular weight is 284 g/mol. The highest BCUT2D eigenvalue weighted by atomic mass is 35.5. The van der Waals surface area contributed by atoms with Gasteiger partial charge in [-0.1, -0.05) is 11.6 Å². The number of halogens is 1. The van der Waals surface area contributed by atoms with Gasteiger partial charge < -0.3 is 24.9 Å². The quantitative estimate of drug-likeness (QED) is 0.760. The summed E-state index contributed by atoms with van der Waals surface area (Å²) >= 11 is 6.22. The van der Waals surface area contributed by atoms with E-state index < -0.39 is 12.7 Å². The summed E-state index contributed by atoms with van der Waals surface area (Å²) in [5.74, 6) is 0.678. The Balaban J connectivity index is 2.09. The highest BCUT2D eigenvalue weighted by molar-refractivity contribution is 6.65. The van der Waals surface area contributed by atoms with Gasteiger partial charge in [-0.3, -0.25) is 0 Å². The van der Waals surface area contributed by atoms with E-state index in [0.29, 0.717) is 17.3 Å². The second kappa shape index (κ2) is 4.65. The zero-order chi connectivity index (χ0) is 13.6. The monoisotopic (exact) mass is 283 g/mol. The fourth-order valence-corrected chi connectivity index (χ4v) is 2.72. The Bertz CT molecular complexity index is 515. The summed E-state index contributed by atoms with van der Waals surface area (Å²) in [4.78, 5) is 0. The summed E-state index contributed by atoms with van der Waals surface area (Å²) in [6.45, 7) is 2.19. The molecule has 2 heterocycles. The Labute approximate surface area is 116 Å². The molecule has 0 amide bonds. The molecule has 7 heteroatoms. The smallest absolute Gasteiger partial charge is 0.491 e. The fourth-order valence-electron chi connectivity index (χ4n) is 2.44. The average Bonchev–Trinajstić information content (AvgIpc) is 2.70. The molecule has 0 radical (unpaired) electrons. The van der Waals surface area contributed by atoms with E-state index in [0.717, 1.165) is 11.0 Å². The molecule has 5 nitrogen and oxygen atoms in total. The molecule has 1 aromatic rings. The normalized spacial score (nSPS) is 28.8. The van der Waals surface area contributed by atoms with Crippen molar-refractivity contribution in [2.45, 2.75) is 18.6 Å². The van der Waals surface area contributed by atoms with Gasteiger partial charge in [0.2, 0.25) is 0 Å². The highest BCUT2D eigenvalue weighted by Gasteiger charge is 2.47. The van der Waals surface area contributed by atoms with Crippen LogP contribution in [0.15, 0.2) is 12.1 Å². The van der Waals surface area contributed by atoms with Gasteiger partial charge in [0.1, 0.15) is 18.0 Å². The number of ether oxygens (including phenoxy) is 1. The Morgan fingerprint density at radius 3 is 3.05 bits per heavy atom. The molecule has 0 fully saturated rings. The predicted octanol–water partition coefficient (Wildman–Crippen LogP) is 0.225. The maximum Gasteiger partial charge on any atom is 0.499 e. The minimum atomic E-state index is -0.809. The first-order chi connectivity index (χ1) is 9.08.